The summed E-state index contributed by atoms with van der Waals surface area (Å²) in [5.74, 6) is 1.23. The van der Waals surface area contributed by atoms with Gasteiger partial charge in [0.25, 0.3) is 0 Å². The summed E-state index contributed by atoms with van der Waals surface area (Å²) < 4.78 is 0.718. The molecular formula is C10H13BrN6O. The van der Waals surface area contributed by atoms with Crippen molar-refractivity contribution in [1.82, 2.24) is 20.2 Å². The molecule has 1 unspecified atom stereocenters. The molecule has 3 heterocycles. The molecule has 2 amide bonds. The second-order valence-electron chi connectivity index (χ2n) is 4.38. The molecule has 8 heteroatoms. The molecule has 2 aliphatic rings. The molecule has 96 valence electrons. The minimum atomic E-state index is 0.0286. The van der Waals surface area contributed by atoms with Crippen molar-refractivity contribution in [3.8, 4) is 0 Å². The van der Waals surface area contributed by atoms with Gasteiger partial charge in [-0.3, -0.25) is 0 Å². The lowest BCUT2D eigenvalue weighted by molar-refractivity contribution is 0.197. The summed E-state index contributed by atoms with van der Waals surface area (Å²) in [7, 11) is 0. The Labute approximate surface area is 112 Å². The summed E-state index contributed by atoms with van der Waals surface area (Å²) in [6, 6.07) is 0.232. The Morgan fingerprint density at radius 3 is 3.11 bits per heavy atom. The van der Waals surface area contributed by atoms with E-state index in [0.717, 1.165) is 23.4 Å². The van der Waals surface area contributed by atoms with E-state index in [1.54, 1.807) is 0 Å². The van der Waals surface area contributed by atoms with Crippen LogP contribution in [0.2, 0.25) is 0 Å². The number of hydrogen-bond acceptors (Lipinski definition) is 5. The fraction of sp³-hybridized carbons (Fsp3) is 0.500. The molecule has 0 spiro atoms. The number of aromatic nitrogens is 2. The maximum Gasteiger partial charge on any atom is 0.317 e. The Kier molecular flexibility index (Phi) is 2.73. The number of piperazine rings is 1. The second-order valence-corrected chi connectivity index (χ2v) is 5.17. The molecule has 2 fully saturated rings. The van der Waals surface area contributed by atoms with Gasteiger partial charge in [-0.05, 0) is 15.9 Å². The number of nitrogens with zero attached hydrogens (tertiary/aromatic N) is 4. The van der Waals surface area contributed by atoms with Crippen LogP contribution in [0.5, 0.6) is 0 Å². The van der Waals surface area contributed by atoms with Crippen molar-refractivity contribution in [1.29, 1.82) is 0 Å². The maximum absolute atomic E-state index is 11.5. The van der Waals surface area contributed by atoms with E-state index in [0.29, 0.717) is 18.9 Å². The van der Waals surface area contributed by atoms with Crippen molar-refractivity contribution < 1.29 is 4.79 Å². The van der Waals surface area contributed by atoms with Crippen LogP contribution in [0.15, 0.2) is 10.8 Å². The Bertz CT molecular complexity index is 495. The molecule has 0 aromatic carbocycles. The van der Waals surface area contributed by atoms with Crippen LogP contribution < -0.4 is 16.0 Å². The minimum Gasteiger partial charge on any atom is -0.383 e. The number of urea groups is 1. The maximum atomic E-state index is 11.5. The van der Waals surface area contributed by atoms with Crippen molar-refractivity contribution in [2.24, 2.45) is 0 Å². The largest absolute Gasteiger partial charge is 0.383 e. The van der Waals surface area contributed by atoms with Gasteiger partial charge in [0.2, 0.25) is 0 Å². The molecule has 0 radical (unpaired) electrons. The third-order valence-electron chi connectivity index (χ3n) is 3.33. The highest BCUT2D eigenvalue weighted by molar-refractivity contribution is 9.10. The number of nitrogen functional groups attached to an aromatic ring is 1. The van der Waals surface area contributed by atoms with E-state index >= 15 is 0 Å². The molecule has 1 aromatic heterocycles. The second kappa shape index (κ2) is 4.27. The molecular weight excluding hydrogens is 300 g/mol. The highest BCUT2D eigenvalue weighted by atomic mass is 79.9. The number of anilines is 2. The molecule has 1 aromatic rings. The van der Waals surface area contributed by atoms with Gasteiger partial charge in [-0.2, -0.15) is 0 Å². The quantitative estimate of drug-likeness (QED) is 0.764. The van der Waals surface area contributed by atoms with Crippen LogP contribution >= 0.6 is 15.9 Å². The van der Waals surface area contributed by atoms with Gasteiger partial charge in [0.05, 0.1) is 6.04 Å². The van der Waals surface area contributed by atoms with Crippen molar-refractivity contribution in [3.63, 3.8) is 0 Å². The summed E-state index contributed by atoms with van der Waals surface area (Å²) in [6.45, 7) is 2.90. The first kappa shape index (κ1) is 11.5. The van der Waals surface area contributed by atoms with E-state index in [1.807, 2.05) is 4.90 Å². The van der Waals surface area contributed by atoms with Crippen LogP contribution in [0.25, 0.3) is 0 Å². The SMILES string of the molecule is Nc1ncnc(N2CCN3C(=O)NCC3C2)c1Br. The monoisotopic (exact) mass is 312 g/mol. The fourth-order valence-electron chi connectivity index (χ4n) is 2.39. The summed E-state index contributed by atoms with van der Waals surface area (Å²) in [5.41, 5.74) is 5.75. The normalized spacial score (nSPS) is 22.9. The number of carbonyl (C=O) groups is 1. The first-order chi connectivity index (χ1) is 8.66. The lowest BCUT2D eigenvalue weighted by Gasteiger charge is -2.37. The Morgan fingerprint density at radius 1 is 1.44 bits per heavy atom. The molecule has 7 nitrogen and oxygen atoms in total. The Balaban J connectivity index is 1.83. The average molecular weight is 313 g/mol. The minimum absolute atomic E-state index is 0.0286. The summed E-state index contributed by atoms with van der Waals surface area (Å²) >= 11 is 3.41. The molecule has 0 bridgehead atoms. The van der Waals surface area contributed by atoms with Gasteiger partial charge in [0.1, 0.15) is 22.4 Å². The summed E-state index contributed by atoms with van der Waals surface area (Å²) in [4.78, 5) is 23.7. The van der Waals surface area contributed by atoms with Gasteiger partial charge in [0, 0.05) is 26.2 Å². The third kappa shape index (κ3) is 1.76. The van der Waals surface area contributed by atoms with Gasteiger partial charge < -0.3 is 20.9 Å². The van der Waals surface area contributed by atoms with Gasteiger partial charge >= 0.3 is 6.03 Å². The lowest BCUT2D eigenvalue weighted by atomic mass is 10.2. The highest BCUT2D eigenvalue weighted by Crippen LogP contribution is 2.29. The van der Waals surface area contributed by atoms with Gasteiger partial charge in [-0.15, -0.1) is 0 Å². The zero-order valence-corrected chi connectivity index (χ0v) is 11.2. The standard InChI is InChI=1S/C10H13BrN6O/c11-7-8(12)14-5-15-9(7)16-1-2-17-6(4-16)3-13-10(17)18/h5-6H,1-4H2,(H,13,18)(H2,12,14,15). The number of amides is 2. The number of halogens is 1. The van der Waals surface area contributed by atoms with Gasteiger partial charge in [0.15, 0.2) is 0 Å². The first-order valence-electron chi connectivity index (χ1n) is 5.72. The van der Waals surface area contributed by atoms with Crippen molar-refractivity contribution in [3.05, 3.63) is 10.8 Å². The lowest BCUT2D eigenvalue weighted by Crippen LogP contribution is -2.52. The number of carbonyl (C=O) groups excluding carboxylic acids is 1. The van der Waals surface area contributed by atoms with Crippen molar-refractivity contribution >= 4 is 33.6 Å². The number of rotatable bonds is 1. The predicted octanol–water partition coefficient (Wildman–Crippen LogP) is 0.0351. The average Bonchev–Trinajstić information content (AvgIpc) is 2.74. The highest BCUT2D eigenvalue weighted by Gasteiger charge is 2.36. The molecule has 1 atom stereocenters. The smallest absolute Gasteiger partial charge is 0.317 e. The van der Waals surface area contributed by atoms with E-state index in [4.69, 9.17) is 5.73 Å². The van der Waals surface area contributed by atoms with E-state index in [2.05, 4.69) is 36.1 Å². The molecule has 3 N–H and O–H groups in total. The fourth-order valence-corrected chi connectivity index (χ4v) is 2.85. The predicted molar refractivity (Wildman–Crippen MR) is 70.3 cm³/mol. The molecule has 2 aliphatic heterocycles. The molecule has 0 aliphatic carbocycles. The Hall–Kier alpha value is -1.57. The van der Waals surface area contributed by atoms with E-state index < -0.39 is 0 Å². The molecule has 18 heavy (non-hydrogen) atoms. The van der Waals surface area contributed by atoms with Crippen LogP contribution in [-0.2, 0) is 0 Å². The third-order valence-corrected chi connectivity index (χ3v) is 4.09. The van der Waals surface area contributed by atoms with Crippen LogP contribution in [0, 0.1) is 0 Å². The topological polar surface area (TPSA) is 87.4 Å². The first-order valence-corrected chi connectivity index (χ1v) is 6.51. The van der Waals surface area contributed by atoms with Crippen molar-refractivity contribution in [2.45, 2.75) is 6.04 Å². The molecule has 3 rings (SSSR count). The number of nitrogens with two attached hydrogens (primary N) is 1. The Morgan fingerprint density at radius 2 is 2.28 bits per heavy atom. The van der Waals surface area contributed by atoms with Crippen LogP contribution in [-0.4, -0.2) is 53.1 Å². The van der Waals surface area contributed by atoms with E-state index in [1.165, 1.54) is 6.33 Å². The summed E-state index contributed by atoms with van der Waals surface area (Å²) in [5, 5.41) is 2.85. The van der Waals surface area contributed by atoms with Crippen LogP contribution in [0.1, 0.15) is 0 Å². The zero-order valence-electron chi connectivity index (χ0n) is 9.64. The molecule has 2 saturated heterocycles. The van der Waals surface area contributed by atoms with Gasteiger partial charge in [-0.1, -0.05) is 0 Å². The van der Waals surface area contributed by atoms with E-state index in [-0.39, 0.29) is 12.1 Å². The number of fused-ring (bicyclic) bond motifs is 1. The van der Waals surface area contributed by atoms with Crippen LogP contribution in [0.4, 0.5) is 16.4 Å². The summed E-state index contributed by atoms with van der Waals surface area (Å²) in [6.07, 6.45) is 1.46. The number of hydrogen-bond donors (Lipinski definition) is 2. The van der Waals surface area contributed by atoms with E-state index in [9.17, 15) is 4.79 Å². The zero-order chi connectivity index (χ0) is 12.7. The van der Waals surface area contributed by atoms with Gasteiger partial charge in [-0.25, -0.2) is 14.8 Å². The van der Waals surface area contributed by atoms with Crippen LogP contribution in [0.3, 0.4) is 0 Å². The van der Waals surface area contributed by atoms with Crippen molar-refractivity contribution in [2.75, 3.05) is 36.8 Å². The molecule has 0 saturated carbocycles. The number of nitrogens with one attached hydrogen (secondary N) is 1.